The fraction of sp³-hybridized carbons (Fsp3) is 0.529. The predicted molar refractivity (Wildman–Crippen MR) is 110 cm³/mol. The Morgan fingerprint density at radius 1 is 1.12 bits per heavy atom. The molecule has 0 aliphatic heterocycles. The minimum atomic E-state index is -0.218. The highest BCUT2D eigenvalue weighted by Gasteiger charge is 2.09. The zero-order chi connectivity index (χ0) is 17.9. The van der Waals surface area contributed by atoms with Crippen molar-refractivity contribution in [1.29, 1.82) is 10.8 Å². The molecule has 0 fully saturated rings. The van der Waals surface area contributed by atoms with E-state index in [9.17, 15) is 0 Å². The molecule has 0 bridgehead atoms. The number of aryl methyl sites for hydroxylation is 1. The molecule has 0 heterocycles. The van der Waals surface area contributed by atoms with Crippen molar-refractivity contribution in [2.45, 2.75) is 57.9 Å². The van der Waals surface area contributed by atoms with Crippen LogP contribution in [0.2, 0.25) is 10.0 Å². The van der Waals surface area contributed by atoms with Gasteiger partial charge in [-0.05, 0) is 43.4 Å². The highest BCUT2D eigenvalue weighted by atomic mass is 35.5. The van der Waals surface area contributed by atoms with Crippen molar-refractivity contribution >= 4 is 47.5 Å². The Morgan fingerprint density at radius 2 is 1.84 bits per heavy atom. The number of hydrogen-bond donors (Lipinski definition) is 5. The lowest BCUT2D eigenvalue weighted by Gasteiger charge is -2.20. The van der Waals surface area contributed by atoms with Crippen LogP contribution in [0.5, 0.6) is 0 Å². The van der Waals surface area contributed by atoms with Gasteiger partial charge in [0.1, 0.15) is 0 Å². The molecule has 5 nitrogen and oxygen atoms in total. The predicted octanol–water partition coefficient (Wildman–Crippen LogP) is 4.69. The van der Waals surface area contributed by atoms with E-state index >= 15 is 0 Å². The number of rotatable bonds is 9. The summed E-state index contributed by atoms with van der Waals surface area (Å²) in [6, 6.07) is 6.03. The van der Waals surface area contributed by atoms with Crippen LogP contribution in [-0.2, 0) is 6.42 Å². The maximum absolute atomic E-state index is 7.73. The van der Waals surface area contributed by atoms with E-state index in [-0.39, 0.29) is 30.4 Å². The molecule has 1 aromatic rings. The van der Waals surface area contributed by atoms with E-state index in [1.807, 2.05) is 18.2 Å². The van der Waals surface area contributed by atoms with Crippen LogP contribution in [0.3, 0.4) is 0 Å². The van der Waals surface area contributed by atoms with Gasteiger partial charge in [-0.15, -0.1) is 12.4 Å². The number of benzene rings is 1. The minimum Gasteiger partial charge on any atom is -0.370 e. The van der Waals surface area contributed by atoms with Crippen LogP contribution >= 0.6 is 35.6 Å². The molecule has 0 spiro atoms. The van der Waals surface area contributed by atoms with Gasteiger partial charge in [0.2, 0.25) is 0 Å². The van der Waals surface area contributed by atoms with Crippen LogP contribution in [0.15, 0.2) is 18.2 Å². The zero-order valence-electron chi connectivity index (χ0n) is 14.5. The van der Waals surface area contributed by atoms with Crippen molar-refractivity contribution in [3.63, 3.8) is 0 Å². The van der Waals surface area contributed by atoms with Gasteiger partial charge in [-0.25, -0.2) is 0 Å². The number of hydrogen-bond acceptors (Lipinski definition) is 2. The Labute approximate surface area is 166 Å². The summed E-state index contributed by atoms with van der Waals surface area (Å²) in [5, 5.41) is 21.6. The van der Waals surface area contributed by atoms with Crippen LogP contribution < -0.4 is 16.4 Å². The number of nitrogens with one attached hydrogen (secondary N) is 4. The summed E-state index contributed by atoms with van der Waals surface area (Å²) in [6.45, 7) is 2.13. The first-order chi connectivity index (χ1) is 11.4. The normalized spacial score (nSPS) is 11.3. The molecule has 0 aliphatic carbocycles. The summed E-state index contributed by atoms with van der Waals surface area (Å²) in [6.07, 6.45) is 7.34. The molecule has 25 heavy (non-hydrogen) atoms. The lowest BCUT2D eigenvalue weighted by molar-refractivity contribution is 0.479. The summed E-state index contributed by atoms with van der Waals surface area (Å²) < 4.78 is 0. The molecule has 0 radical (unpaired) electrons. The van der Waals surface area contributed by atoms with Crippen LogP contribution in [-0.4, -0.2) is 18.0 Å². The highest BCUT2D eigenvalue weighted by molar-refractivity contribution is 6.42. The lowest BCUT2D eigenvalue weighted by atomic mass is 10.0. The molecule has 0 saturated carbocycles. The highest BCUT2D eigenvalue weighted by Crippen LogP contribution is 2.23. The van der Waals surface area contributed by atoms with Crippen LogP contribution in [0.25, 0.3) is 0 Å². The van der Waals surface area contributed by atoms with Gasteiger partial charge in [-0.1, -0.05) is 55.5 Å². The molecule has 1 aromatic carbocycles. The Kier molecular flexibility index (Phi) is 12.5. The largest absolute Gasteiger partial charge is 0.370 e. The van der Waals surface area contributed by atoms with Gasteiger partial charge in [-0.3, -0.25) is 16.1 Å². The maximum Gasteiger partial charge on any atom is 0.195 e. The molecule has 6 N–H and O–H groups in total. The van der Waals surface area contributed by atoms with E-state index in [0.717, 1.165) is 44.9 Å². The Balaban J connectivity index is 0.00000576. The van der Waals surface area contributed by atoms with Crippen LogP contribution in [0.4, 0.5) is 0 Å². The summed E-state index contributed by atoms with van der Waals surface area (Å²) in [5.74, 6) is -0.124. The van der Waals surface area contributed by atoms with E-state index in [1.165, 1.54) is 5.56 Å². The second kappa shape index (κ2) is 13.1. The topological polar surface area (TPSA) is 97.8 Å². The van der Waals surface area contributed by atoms with Gasteiger partial charge in [0.25, 0.3) is 0 Å². The molecule has 0 saturated heterocycles. The fourth-order valence-corrected chi connectivity index (χ4v) is 2.92. The van der Waals surface area contributed by atoms with E-state index in [1.54, 1.807) is 0 Å². The standard InChI is InChI=1S/C17H27Cl2N5.ClH/c1-2-6-13(23-17(22)24-16(20)21)8-5-3-4-7-12-9-10-14(18)15(19)11-12;/h9-11,13H,2-8H2,1H3,(H6,20,21,22,23,24);1H. The van der Waals surface area contributed by atoms with Crippen LogP contribution in [0, 0.1) is 10.8 Å². The van der Waals surface area contributed by atoms with Crippen molar-refractivity contribution in [3.8, 4) is 0 Å². The number of unbranched alkanes of at least 4 members (excludes halogenated alkanes) is 2. The van der Waals surface area contributed by atoms with E-state index in [0.29, 0.717) is 10.0 Å². The molecule has 142 valence electrons. The molecule has 1 rings (SSSR count). The second-order valence-electron chi connectivity index (χ2n) is 5.89. The van der Waals surface area contributed by atoms with Crippen LogP contribution in [0.1, 0.15) is 51.0 Å². The van der Waals surface area contributed by atoms with Crippen molar-refractivity contribution in [2.24, 2.45) is 5.73 Å². The first-order valence-electron chi connectivity index (χ1n) is 8.32. The smallest absolute Gasteiger partial charge is 0.195 e. The summed E-state index contributed by atoms with van der Waals surface area (Å²) >= 11 is 11.9. The molecule has 1 unspecified atom stereocenters. The Hall–Kier alpha value is -1.17. The molecule has 0 amide bonds. The molecular formula is C17H28Cl3N5. The van der Waals surface area contributed by atoms with Gasteiger partial charge in [-0.2, -0.15) is 0 Å². The van der Waals surface area contributed by atoms with Crippen molar-refractivity contribution in [3.05, 3.63) is 33.8 Å². The third kappa shape index (κ3) is 10.4. The van der Waals surface area contributed by atoms with Crippen molar-refractivity contribution < 1.29 is 0 Å². The molecule has 0 aromatic heterocycles. The minimum absolute atomic E-state index is 0. The van der Waals surface area contributed by atoms with E-state index < -0.39 is 0 Å². The zero-order valence-corrected chi connectivity index (χ0v) is 16.8. The van der Waals surface area contributed by atoms with Gasteiger partial charge in [0.05, 0.1) is 10.0 Å². The number of guanidine groups is 2. The first kappa shape index (κ1) is 23.8. The Bertz CT molecular complexity index is 551. The second-order valence-corrected chi connectivity index (χ2v) is 6.71. The summed E-state index contributed by atoms with van der Waals surface area (Å²) in [5.41, 5.74) is 6.44. The lowest BCUT2D eigenvalue weighted by Crippen LogP contribution is -2.47. The Morgan fingerprint density at radius 3 is 2.44 bits per heavy atom. The third-order valence-corrected chi connectivity index (χ3v) is 4.49. The van der Waals surface area contributed by atoms with Gasteiger partial charge in [0.15, 0.2) is 11.9 Å². The summed E-state index contributed by atoms with van der Waals surface area (Å²) in [7, 11) is 0. The molecule has 8 heteroatoms. The van der Waals surface area contributed by atoms with Crippen molar-refractivity contribution in [1.82, 2.24) is 10.6 Å². The van der Waals surface area contributed by atoms with Gasteiger partial charge < -0.3 is 11.1 Å². The average molecular weight is 409 g/mol. The van der Waals surface area contributed by atoms with E-state index in [4.69, 9.17) is 39.8 Å². The maximum atomic E-state index is 7.73. The number of nitrogens with two attached hydrogens (primary N) is 1. The summed E-state index contributed by atoms with van der Waals surface area (Å²) in [4.78, 5) is 0. The van der Waals surface area contributed by atoms with E-state index in [2.05, 4.69) is 17.6 Å². The monoisotopic (exact) mass is 407 g/mol. The molecule has 1 atom stereocenters. The molecule has 0 aliphatic rings. The van der Waals surface area contributed by atoms with Gasteiger partial charge >= 0.3 is 0 Å². The molecular weight excluding hydrogens is 381 g/mol. The van der Waals surface area contributed by atoms with Gasteiger partial charge in [0, 0.05) is 6.04 Å². The SMILES string of the molecule is CCCC(CCCCCc1ccc(Cl)c(Cl)c1)NC(=N)NC(=N)N.Cl. The quantitative estimate of drug-likeness (QED) is 0.233. The number of halogens is 3. The third-order valence-electron chi connectivity index (χ3n) is 3.75. The first-order valence-corrected chi connectivity index (χ1v) is 9.08. The fourth-order valence-electron chi connectivity index (χ4n) is 2.60. The average Bonchev–Trinajstić information content (AvgIpc) is 2.49. The van der Waals surface area contributed by atoms with Crippen molar-refractivity contribution in [2.75, 3.05) is 0 Å².